The zero-order valence-corrected chi connectivity index (χ0v) is 12.4. The summed E-state index contributed by atoms with van der Waals surface area (Å²) in [5, 5.41) is 6.26. The third-order valence-corrected chi connectivity index (χ3v) is 5.02. The maximum absolute atomic E-state index is 3.69. The van der Waals surface area contributed by atoms with Gasteiger partial charge in [-0.2, -0.15) is 0 Å². The van der Waals surface area contributed by atoms with Gasteiger partial charge in [-0.25, -0.2) is 0 Å². The minimum absolute atomic E-state index is 0.494. The van der Waals surface area contributed by atoms with Crippen LogP contribution >= 0.6 is 15.9 Å². The van der Waals surface area contributed by atoms with Crippen LogP contribution in [0.25, 0.3) is 10.8 Å². The fourth-order valence-corrected chi connectivity index (χ4v) is 2.90. The van der Waals surface area contributed by atoms with E-state index in [9.17, 15) is 0 Å². The van der Waals surface area contributed by atoms with Crippen LogP contribution in [0.15, 0.2) is 40.9 Å². The van der Waals surface area contributed by atoms with Gasteiger partial charge < -0.3 is 5.32 Å². The molecule has 94 valence electrons. The molecule has 1 N–H and O–H groups in total. The van der Waals surface area contributed by atoms with Gasteiger partial charge in [-0.05, 0) is 42.7 Å². The molecule has 1 aliphatic rings. The molecule has 18 heavy (non-hydrogen) atoms. The lowest BCUT2D eigenvalue weighted by atomic mass is 9.99. The summed E-state index contributed by atoms with van der Waals surface area (Å²) in [5.41, 5.74) is 1.74. The predicted octanol–water partition coefficient (Wildman–Crippen LogP) is 5.20. The van der Waals surface area contributed by atoms with Crippen LogP contribution in [0.4, 0.5) is 5.69 Å². The van der Waals surface area contributed by atoms with Crippen LogP contribution in [0.2, 0.25) is 0 Å². The summed E-state index contributed by atoms with van der Waals surface area (Å²) in [6, 6.07) is 13.4. The van der Waals surface area contributed by atoms with Crippen LogP contribution in [-0.2, 0) is 0 Å². The Bertz CT molecular complexity index is 587. The van der Waals surface area contributed by atoms with Gasteiger partial charge in [0.15, 0.2) is 0 Å². The van der Waals surface area contributed by atoms with E-state index in [1.807, 2.05) is 0 Å². The highest BCUT2D eigenvalue weighted by atomic mass is 79.9. The Balaban J connectivity index is 1.99. The van der Waals surface area contributed by atoms with Crippen molar-refractivity contribution < 1.29 is 0 Å². The standard InChI is InChI=1S/C16H18BrN/c1-11(16(2)9-10-16)18-15-8-7-14(17)12-5-3-4-6-13(12)15/h3-8,11,18H,9-10H2,1-2H3. The first-order chi connectivity index (χ1) is 8.60. The molecule has 2 heteroatoms. The van der Waals surface area contributed by atoms with Crippen molar-refractivity contribution >= 4 is 32.4 Å². The van der Waals surface area contributed by atoms with Gasteiger partial charge in [0.25, 0.3) is 0 Å². The summed E-state index contributed by atoms with van der Waals surface area (Å²) < 4.78 is 1.16. The summed E-state index contributed by atoms with van der Waals surface area (Å²) in [4.78, 5) is 0. The predicted molar refractivity (Wildman–Crippen MR) is 82.1 cm³/mol. The van der Waals surface area contributed by atoms with Gasteiger partial charge in [-0.3, -0.25) is 0 Å². The fraction of sp³-hybridized carbons (Fsp3) is 0.375. The number of fused-ring (bicyclic) bond motifs is 1. The van der Waals surface area contributed by atoms with Gasteiger partial charge >= 0.3 is 0 Å². The summed E-state index contributed by atoms with van der Waals surface area (Å²) in [5.74, 6) is 0. The lowest BCUT2D eigenvalue weighted by Crippen LogP contribution is -2.24. The highest BCUT2D eigenvalue weighted by molar-refractivity contribution is 9.10. The van der Waals surface area contributed by atoms with E-state index in [1.54, 1.807) is 0 Å². The number of benzene rings is 2. The smallest absolute Gasteiger partial charge is 0.0422 e. The largest absolute Gasteiger partial charge is 0.382 e. The second kappa shape index (κ2) is 4.27. The van der Waals surface area contributed by atoms with Crippen molar-refractivity contribution in [1.82, 2.24) is 0 Å². The van der Waals surface area contributed by atoms with Gasteiger partial charge in [0.1, 0.15) is 0 Å². The molecule has 0 bridgehead atoms. The Kier molecular flexibility index (Phi) is 2.86. The SMILES string of the molecule is CC(Nc1ccc(Br)c2ccccc12)C1(C)CC1. The number of hydrogen-bond acceptors (Lipinski definition) is 1. The monoisotopic (exact) mass is 303 g/mol. The number of nitrogens with one attached hydrogen (secondary N) is 1. The molecule has 1 aliphatic carbocycles. The molecule has 0 heterocycles. The van der Waals surface area contributed by atoms with Crippen LogP contribution in [0.5, 0.6) is 0 Å². The second-order valence-corrected chi connectivity index (χ2v) is 6.51. The zero-order valence-electron chi connectivity index (χ0n) is 10.8. The highest BCUT2D eigenvalue weighted by Gasteiger charge is 2.42. The van der Waals surface area contributed by atoms with Crippen LogP contribution in [0.1, 0.15) is 26.7 Å². The number of hydrogen-bond donors (Lipinski definition) is 1. The molecule has 1 atom stereocenters. The molecular weight excluding hydrogens is 286 g/mol. The Morgan fingerprint density at radius 1 is 1.11 bits per heavy atom. The van der Waals surface area contributed by atoms with Gasteiger partial charge in [0.05, 0.1) is 0 Å². The first-order valence-corrected chi connectivity index (χ1v) is 7.33. The van der Waals surface area contributed by atoms with E-state index < -0.39 is 0 Å². The molecule has 0 amide bonds. The van der Waals surface area contributed by atoms with E-state index in [-0.39, 0.29) is 0 Å². The Labute approximate surface area is 117 Å². The van der Waals surface area contributed by atoms with Gasteiger partial charge in [-0.15, -0.1) is 0 Å². The quantitative estimate of drug-likeness (QED) is 0.821. The molecule has 2 aromatic rings. The first-order valence-electron chi connectivity index (χ1n) is 6.54. The summed E-state index contributed by atoms with van der Waals surface area (Å²) in [6.07, 6.45) is 2.69. The van der Waals surface area contributed by atoms with E-state index >= 15 is 0 Å². The van der Waals surface area contributed by atoms with Gasteiger partial charge in [0.2, 0.25) is 0 Å². The van der Waals surface area contributed by atoms with Crippen molar-refractivity contribution in [3.05, 3.63) is 40.9 Å². The van der Waals surface area contributed by atoms with E-state index in [0.717, 1.165) is 4.47 Å². The molecule has 3 rings (SSSR count). The summed E-state index contributed by atoms with van der Waals surface area (Å²) >= 11 is 3.62. The van der Waals surface area contributed by atoms with Crippen LogP contribution in [0, 0.1) is 5.41 Å². The summed E-state index contributed by atoms with van der Waals surface area (Å²) in [6.45, 7) is 4.66. The van der Waals surface area contributed by atoms with Gasteiger partial charge in [0, 0.05) is 21.6 Å². The average Bonchev–Trinajstić information content (AvgIpc) is 3.13. The fourth-order valence-electron chi connectivity index (χ4n) is 2.43. The molecular formula is C16H18BrN. The van der Waals surface area contributed by atoms with Crippen molar-refractivity contribution in [3.63, 3.8) is 0 Å². The van der Waals surface area contributed by atoms with E-state index in [1.165, 1.54) is 29.3 Å². The van der Waals surface area contributed by atoms with E-state index in [0.29, 0.717) is 11.5 Å². The average molecular weight is 304 g/mol. The number of anilines is 1. The molecule has 1 unspecified atom stereocenters. The molecule has 0 saturated heterocycles. The summed E-state index contributed by atoms with van der Waals surface area (Å²) in [7, 11) is 0. The van der Waals surface area contributed by atoms with Crippen molar-refractivity contribution in [2.75, 3.05) is 5.32 Å². The molecule has 0 radical (unpaired) electrons. The Hall–Kier alpha value is -1.02. The molecule has 1 fully saturated rings. The molecule has 0 aliphatic heterocycles. The molecule has 1 saturated carbocycles. The van der Waals surface area contributed by atoms with E-state index in [4.69, 9.17) is 0 Å². The highest BCUT2D eigenvalue weighted by Crippen LogP contribution is 2.49. The number of halogens is 1. The topological polar surface area (TPSA) is 12.0 Å². The Morgan fingerprint density at radius 3 is 2.44 bits per heavy atom. The van der Waals surface area contributed by atoms with Crippen LogP contribution in [0.3, 0.4) is 0 Å². The second-order valence-electron chi connectivity index (χ2n) is 5.66. The minimum Gasteiger partial charge on any atom is -0.382 e. The van der Waals surface area contributed by atoms with Gasteiger partial charge in [-0.1, -0.05) is 47.1 Å². The minimum atomic E-state index is 0.494. The number of rotatable bonds is 3. The normalized spacial score (nSPS) is 18.6. The third kappa shape index (κ3) is 2.03. The maximum Gasteiger partial charge on any atom is 0.0422 e. The van der Waals surface area contributed by atoms with Crippen LogP contribution < -0.4 is 5.32 Å². The van der Waals surface area contributed by atoms with Crippen molar-refractivity contribution in [2.24, 2.45) is 5.41 Å². The lowest BCUT2D eigenvalue weighted by molar-refractivity contribution is 0.494. The third-order valence-electron chi connectivity index (χ3n) is 4.33. The molecule has 0 spiro atoms. The molecule has 2 aromatic carbocycles. The molecule has 1 nitrogen and oxygen atoms in total. The molecule has 0 aromatic heterocycles. The Morgan fingerprint density at radius 2 is 1.78 bits per heavy atom. The van der Waals surface area contributed by atoms with E-state index in [2.05, 4.69) is 71.5 Å². The zero-order chi connectivity index (χ0) is 12.8. The first kappa shape index (κ1) is 12.0. The lowest BCUT2D eigenvalue weighted by Gasteiger charge is -2.23. The maximum atomic E-state index is 3.69. The van der Waals surface area contributed by atoms with Crippen molar-refractivity contribution in [3.8, 4) is 0 Å². The van der Waals surface area contributed by atoms with Crippen LogP contribution in [-0.4, -0.2) is 6.04 Å². The van der Waals surface area contributed by atoms with Crippen molar-refractivity contribution in [1.29, 1.82) is 0 Å². The van der Waals surface area contributed by atoms with Crippen molar-refractivity contribution in [2.45, 2.75) is 32.7 Å².